The van der Waals surface area contributed by atoms with Crippen molar-refractivity contribution in [3.05, 3.63) is 22.7 Å². The molecule has 0 spiro atoms. The van der Waals surface area contributed by atoms with E-state index in [9.17, 15) is 4.79 Å². The summed E-state index contributed by atoms with van der Waals surface area (Å²) in [4.78, 5) is 19.1. The highest BCUT2D eigenvalue weighted by Crippen LogP contribution is 2.33. The number of hydrogen-bond acceptors (Lipinski definition) is 4. The molecule has 1 aliphatic carbocycles. The second kappa shape index (κ2) is 5.44. The van der Waals surface area contributed by atoms with Crippen molar-refractivity contribution < 1.29 is 0 Å². The smallest absolute Gasteiger partial charge is 0.293 e. The van der Waals surface area contributed by atoms with Crippen LogP contribution in [-0.4, -0.2) is 35.2 Å². The zero-order valence-electron chi connectivity index (χ0n) is 12.5. The molecule has 1 unspecified atom stereocenters. The molecule has 5 nitrogen and oxygen atoms in total. The van der Waals surface area contributed by atoms with Crippen molar-refractivity contribution in [2.45, 2.75) is 50.6 Å². The Hall–Kier alpha value is -1.36. The summed E-state index contributed by atoms with van der Waals surface area (Å²) in [7, 11) is 0. The molecule has 1 aromatic heterocycles. The summed E-state index contributed by atoms with van der Waals surface area (Å²) in [5, 5.41) is 3.62. The summed E-state index contributed by atoms with van der Waals surface area (Å²) >= 11 is 0. The third-order valence-electron chi connectivity index (χ3n) is 5.30. The van der Waals surface area contributed by atoms with Gasteiger partial charge in [0.2, 0.25) is 0 Å². The van der Waals surface area contributed by atoms with Gasteiger partial charge in [0.05, 0.1) is 0 Å². The van der Waals surface area contributed by atoms with Gasteiger partial charge in [-0.25, -0.2) is 4.98 Å². The Balaban J connectivity index is 1.46. The van der Waals surface area contributed by atoms with Gasteiger partial charge in [0, 0.05) is 37.6 Å². The van der Waals surface area contributed by atoms with Crippen LogP contribution in [0, 0.1) is 5.92 Å². The minimum Gasteiger partial charge on any atom is -0.352 e. The lowest BCUT2D eigenvalue weighted by Gasteiger charge is -2.35. The van der Waals surface area contributed by atoms with E-state index in [-0.39, 0.29) is 5.56 Å². The zero-order valence-corrected chi connectivity index (χ0v) is 12.5. The van der Waals surface area contributed by atoms with Gasteiger partial charge in [-0.3, -0.25) is 4.79 Å². The summed E-state index contributed by atoms with van der Waals surface area (Å²) in [5.41, 5.74) is 0.109. The quantitative estimate of drug-likeness (QED) is 0.917. The second-order valence-corrected chi connectivity index (χ2v) is 6.72. The van der Waals surface area contributed by atoms with Crippen molar-refractivity contribution in [3.63, 3.8) is 0 Å². The molecule has 114 valence electrons. The molecule has 3 heterocycles. The third kappa shape index (κ3) is 2.59. The van der Waals surface area contributed by atoms with Crippen molar-refractivity contribution >= 4 is 5.82 Å². The Morgan fingerprint density at radius 3 is 2.62 bits per heavy atom. The summed E-state index contributed by atoms with van der Waals surface area (Å²) in [6, 6.07) is 1.14. The van der Waals surface area contributed by atoms with E-state index < -0.39 is 0 Å². The van der Waals surface area contributed by atoms with Crippen LogP contribution in [0.25, 0.3) is 0 Å². The topological polar surface area (TPSA) is 50.2 Å². The van der Waals surface area contributed by atoms with Crippen LogP contribution >= 0.6 is 0 Å². The van der Waals surface area contributed by atoms with Gasteiger partial charge >= 0.3 is 0 Å². The van der Waals surface area contributed by atoms with Gasteiger partial charge in [0.15, 0.2) is 5.82 Å². The van der Waals surface area contributed by atoms with Crippen molar-refractivity contribution in [2.24, 2.45) is 5.92 Å². The fraction of sp³-hybridized carbons (Fsp3) is 0.750. The standard InChI is InChI=1S/C16H24N4O/c21-16-15(18-8-11-20(16)13-3-4-13)19-9-5-12(6-10-19)14-2-1-7-17-14/h8,11-14,17H,1-7,9-10H2. The van der Waals surface area contributed by atoms with Gasteiger partial charge in [0.1, 0.15) is 0 Å². The molecular weight excluding hydrogens is 264 g/mol. The van der Waals surface area contributed by atoms with E-state index in [2.05, 4.69) is 15.2 Å². The number of nitrogens with zero attached hydrogens (tertiary/aromatic N) is 3. The van der Waals surface area contributed by atoms with Crippen LogP contribution in [-0.2, 0) is 0 Å². The Bertz CT molecular complexity index is 552. The molecule has 0 aromatic carbocycles. The average Bonchev–Trinajstić information content (AvgIpc) is 3.21. The maximum absolute atomic E-state index is 12.5. The van der Waals surface area contributed by atoms with Crippen molar-refractivity contribution in [3.8, 4) is 0 Å². The minimum absolute atomic E-state index is 0.109. The molecule has 2 aliphatic heterocycles. The van der Waals surface area contributed by atoms with Gasteiger partial charge in [-0.05, 0) is 51.0 Å². The van der Waals surface area contributed by atoms with Crippen molar-refractivity contribution in [1.82, 2.24) is 14.9 Å². The van der Waals surface area contributed by atoms with Gasteiger partial charge in [0.25, 0.3) is 5.56 Å². The summed E-state index contributed by atoms with van der Waals surface area (Å²) in [6.45, 7) is 3.12. The first kappa shape index (κ1) is 13.3. The van der Waals surface area contributed by atoms with Crippen LogP contribution in [0.1, 0.15) is 44.6 Å². The largest absolute Gasteiger partial charge is 0.352 e. The normalized spacial score (nSPS) is 27.2. The molecule has 0 radical (unpaired) electrons. The lowest BCUT2D eigenvalue weighted by atomic mass is 9.88. The molecule has 0 amide bonds. The maximum atomic E-state index is 12.5. The first-order valence-electron chi connectivity index (χ1n) is 8.38. The van der Waals surface area contributed by atoms with E-state index in [1.165, 1.54) is 32.2 Å². The summed E-state index contributed by atoms with van der Waals surface area (Å²) in [6.07, 6.45) is 10.9. The molecule has 1 aromatic rings. The molecule has 21 heavy (non-hydrogen) atoms. The Morgan fingerprint density at radius 1 is 1.14 bits per heavy atom. The van der Waals surface area contributed by atoms with Crippen LogP contribution in [0.3, 0.4) is 0 Å². The lowest BCUT2D eigenvalue weighted by molar-refractivity contribution is 0.318. The molecule has 1 N–H and O–H groups in total. The average molecular weight is 288 g/mol. The molecule has 1 atom stereocenters. The van der Waals surface area contributed by atoms with Gasteiger partial charge in [-0.1, -0.05) is 0 Å². The predicted molar refractivity (Wildman–Crippen MR) is 82.7 cm³/mol. The number of anilines is 1. The van der Waals surface area contributed by atoms with E-state index in [0.29, 0.717) is 17.9 Å². The molecule has 4 rings (SSSR count). The first-order chi connectivity index (χ1) is 10.3. The zero-order chi connectivity index (χ0) is 14.2. The summed E-state index contributed by atoms with van der Waals surface area (Å²) < 4.78 is 1.88. The lowest BCUT2D eigenvalue weighted by Crippen LogP contribution is -2.43. The highest BCUT2D eigenvalue weighted by atomic mass is 16.1. The van der Waals surface area contributed by atoms with Crippen LogP contribution in [0.4, 0.5) is 5.82 Å². The Morgan fingerprint density at radius 2 is 1.95 bits per heavy atom. The van der Waals surface area contributed by atoms with Crippen LogP contribution in [0.2, 0.25) is 0 Å². The molecule has 3 aliphatic rings. The van der Waals surface area contributed by atoms with E-state index in [4.69, 9.17) is 0 Å². The molecule has 5 heteroatoms. The molecule has 2 saturated heterocycles. The minimum atomic E-state index is 0.109. The number of hydrogen-bond donors (Lipinski definition) is 1. The van der Waals surface area contributed by atoms with Crippen LogP contribution < -0.4 is 15.8 Å². The predicted octanol–water partition coefficient (Wildman–Crippen LogP) is 1.55. The number of rotatable bonds is 3. The van der Waals surface area contributed by atoms with E-state index in [1.54, 1.807) is 6.20 Å². The third-order valence-corrected chi connectivity index (χ3v) is 5.30. The summed E-state index contributed by atoms with van der Waals surface area (Å²) in [5.74, 6) is 1.44. The van der Waals surface area contributed by atoms with Crippen LogP contribution in [0.5, 0.6) is 0 Å². The maximum Gasteiger partial charge on any atom is 0.293 e. The highest BCUT2D eigenvalue weighted by molar-refractivity contribution is 5.36. The monoisotopic (exact) mass is 288 g/mol. The highest BCUT2D eigenvalue weighted by Gasteiger charge is 2.31. The SMILES string of the molecule is O=c1c(N2CCC(C3CCCN3)CC2)nccn1C1CC1. The molecule has 3 fully saturated rings. The fourth-order valence-corrected chi connectivity index (χ4v) is 3.90. The van der Waals surface area contributed by atoms with Crippen molar-refractivity contribution in [2.75, 3.05) is 24.5 Å². The fourth-order valence-electron chi connectivity index (χ4n) is 3.90. The number of aromatic nitrogens is 2. The van der Waals surface area contributed by atoms with Crippen molar-refractivity contribution in [1.29, 1.82) is 0 Å². The van der Waals surface area contributed by atoms with Gasteiger partial charge in [-0.2, -0.15) is 0 Å². The molecule has 1 saturated carbocycles. The van der Waals surface area contributed by atoms with E-state index in [0.717, 1.165) is 31.8 Å². The van der Waals surface area contributed by atoms with E-state index in [1.807, 2.05) is 10.8 Å². The number of piperidine rings is 1. The first-order valence-corrected chi connectivity index (χ1v) is 8.38. The second-order valence-electron chi connectivity index (χ2n) is 6.72. The Labute approximate surface area is 125 Å². The molecular formula is C16H24N4O. The number of nitrogens with one attached hydrogen (secondary N) is 1. The van der Waals surface area contributed by atoms with Gasteiger partial charge in [-0.15, -0.1) is 0 Å². The molecule has 0 bridgehead atoms. The van der Waals surface area contributed by atoms with E-state index >= 15 is 0 Å². The Kier molecular flexibility index (Phi) is 3.45. The van der Waals surface area contributed by atoms with Crippen LogP contribution in [0.15, 0.2) is 17.2 Å². The van der Waals surface area contributed by atoms with Gasteiger partial charge < -0.3 is 14.8 Å².